The number of anilines is 3. The number of halogens is 3. The van der Waals surface area contributed by atoms with Crippen molar-refractivity contribution in [2.24, 2.45) is 0 Å². The lowest BCUT2D eigenvalue weighted by Crippen LogP contribution is -2.07. The number of carbonyl (C=O) groups is 1. The van der Waals surface area contributed by atoms with Crippen LogP contribution in [0.4, 0.5) is 30.2 Å². The maximum atomic E-state index is 12.8. The first-order valence-electron chi connectivity index (χ1n) is 9.08. The van der Waals surface area contributed by atoms with Gasteiger partial charge in [0.2, 0.25) is 5.91 Å². The molecule has 0 aliphatic rings. The predicted molar refractivity (Wildman–Crippen MR) is 111 cm³/mol. The minimum atomic E-state index is -4.41. The van der Waals surface area contributed by atoms with Gasteiger partial charge in [-0.1, -0.05) is 12.6 Å². The van der Waals surface area contributed by atoms with Crippen LogP contribution in [0.2, 0.25) is 0 Å². The van der Waals surface area contributed by atoms with Crippen LogP contribution in [0.15, 0.2) is 77.9 Å². The van der Waals surface area contributed by atoms with E-state index in [1.54, 1.807) is 36.4 Å². The van der Waals surface area contributed by atoms with Crippen molar-refractivity contribution in [3.05, 3.63) is 78.9 Å². The van der Waals surface area contributed by atoms with Gasteiger partial charge < -0.3 is 10.6 Å². The number of benzene rings is 3. The summed E-state index contributed by atoms with van der Waals surface area (Å²) in [5.74, 6) is -0.370. The highest BCUT2D eigenvalue weighted by Crippen LogP contribution is 2.35. The molecule has 6 nitrogen and oxygen atoms in total. The molecule has 0 saturated carbocycles. The van der Waals surface area contributed by atoms with E-state index in [9.17, 15) is 18.0 Å². The van der Waals surface area contributed by atoms with E-state index in [1.807, 2.05) is 0 Å². The van der Waals surface area contributed by atoms with Crippen molar-refractivity contribution in [1.29, 1.82) is 0 Å². The van der Waals surface area contributed by atoms with Gasteiger partial charge >= 0.3 is 6.18 Å². The summed E-state index contributed by atoms with van der Waals surface area (Å²) in [7, 11) is 0. The number of nitrogens with one attached hydrogen (secondary N) is 2. The van der Waals surface area contributed by atoms with E-state index in [4.69, 9.17) is 4.63 Å². The number of hydrogen-bond donors (Lipinski definition) is 2. The number of amides is 1. The summed E-state index contributed by atoms with van der Waals surface area (Å²) in [4.78, 5) is 11.7. The van der Waals surface area contributed by atoms with Crippen molar-refractivity contribution in [2.45, 2.75) is 6.18 Å². The molecule has 1 amide bonds. The molecule has 4 aromatic rings. The molecule has 0 spiro atoms. The molecule has 4 rings (SSSR count). The predicted octanol–water partition coefficient (Wildman–Crippen LogP) is 5.78. The van der Waals surface area contributed by atoms with Gasteiger partial charge in [-0.25, -0.2) is 4.63 Å². The van der Waals surface area contributed by atoms with Crippen molar-refractivity contribution in [2.75, 3.05) is 10.6 Å². The van der Waals surface area contributed by atoms with E-state index < -0.39 is 11.7 Å². The second-order valence-electron chi connectivity index (χ2n) is 6.62. The van der Waals surface area contributed by atoms with E-state index in [0.717, 1.165) is 23.8 Å². The van der Waals surface area contributed by atoms with Crippen molar-refractivity contribution < 1.29 is 22.6 Å². The molecule has 0 fully saturated rings. The fraction of sp³-hybridized carbons (Fsp3) is 0.0455. The molecular weight excluding hydrogens is 409 g/mol. The van der Waals surface area contributed by atoms with Crippen LogP contribution in [0.1, 0.15) is 5.56 Å². The van der Waals surface area contributed by atoms with Gasteiger partial charge in [0.25, 0.3) is 0 Å². The Labute approximate surface area is 174 Å². The lowest BCUT2D eigenvalue weighted by molar-refractivity contribution is -0.137. The van der Waals surface area contributed by atoms with Crippen molar-refractivity contribution in [3.8, 4) is 11.1 Å². The average molecular weight is 424 g/mol. The smallest absolute Gasteiger partial charge is 0.355 e. The zero-order chi connectivity index (χ0) is 22.0. The van der Waals surface area contributed by atoms with Crippen LogP contribution >= 0.6 is 0 Å². The highest BCUT2D eigenvalue weighted by Gasteiger charge is 2.29. The molecule has 0 aliphatic heterocycles. The van der Waals surface area contributed by atoms with E-state index in [-0.39, 0.29) is 5.91 Å². The van der Waals surface area contributed by atoms with E-state index in [1.165, 1.54) is 12.1 Å². The Bertz CT molecular complexity index is 1260. The van der Waals surface area contributed by atoms with Gasteiger partial charge in [0.1, 0.15) is 11.0 Å². The fourth-order valence-corrected chi connectivity index (χ4v) is 3.01. The number of hydrogen-bond acceptors (Lipinski definition) is 5. The maximum Gasteiger partial charge on any atom is 0.416 e. The first kappa shape index (κ1) is 20.1. The zero-order valence-corrected chi connectivity index (χ0v) is 15.9. The molecular formula is C22H15F3N4O2. The third kappa shape index (κ3) is 4.40. The number of rotatable bonds is 5. The van der Waals surface area contributed by atoms with Crippen molar-refractivity contribution in [3.63, 3.8) is 0 Å². The second-order valence-corrected chi connectivity index (χ2v) is 6.62. The molecule has 31 heavy (non-hydrogen) atoms. The van der Waals surface area contributed by atoms with Gasteiger partial charge in [0, 0.05) is 22.6 Å². The molecule has 0 radical (unpaired) electrons. The number of alkyl halides is 3. The minimum absolute atomic E-state index is 0.370. The molecule has 1 aromatic heterocycles. The third-order valence-electron chi connectivity index (χ3n) is 4.53. The Kier molecular flexibility index (Phi) is 5.16. The average Bonchev–Trinajstić information content (AvgIpc) is 3.22. The molecule has 0 saturated heterocycles. The summed E-state index contributed by atoms with van der Waals surface area (Å²) in [5, 5.41) is 13.4. The van der Waals surface area contributed by atoms with Crippen molar-refractivity contribution in [1.82, 2.24) is 10.3 Å². The number of fused-ring (bicyclic) bond motifs is 1. The number of aromatic nitrogens is 2. The Morgan fingerprint density at radius 3 is 2.35 bits per heavy atom. The molecule has 156 valence electrons. The maximum absolute atomic E-state index is 12.8. The van der Waals surface area contributed by atoms with Crippen LogP contribution in [0.25, 0.3) is 22.2 Å². The Hall–Kier alpha value is -4.14. The third-order valence-corrected chi connectivity index (χ3v) is 4.53. The summed E-state index contributed by atoms with van der Waals surface area (Å²) in [5.41, 5.74) is 3.43. The lowest BCUT2D eigenvalue weighted by atomic mass is 10.0. The number of carbonyl (C=O) groups excluding carboxylic acids is 1. The standard InChI is InChI=1S/C22H15F3N4O2/c1-2-21(30)27-16-8-10-18(26-15-6-4-14(5-7-15)22(23,24)25)17(12-16)13-3-9-19-20(11-13)29-31-28-19/h2-12,26H,1H2,(H,27,30). The molecule has 0 bridgehead atoms. The summed E-state index contributed by atoms with van der Waals surface area (Å²) in [6.45, 7) is 3.43. The monoisotopic (exact) mass is 424 g/mol. The highest BCUT2D eigenvalue weighted by molar-refractivity contribution is 6.00. The second kappa shape index (κ2) is 7.94. The van der Waals surface area contributed by atoms with Crippen LogP contribution in [-0.4, -0.2) is 16.2 Å². The first-order chi connectivity index (χ1) is 14.8. The highest BCUT2D eigenvalue weighted by atomic mass is 19.4. The van der Waals surface area contributed by atoms with Crippen molar-refractivity contribution >= 4 is 34.0 Å². The fourth-order valence-electron chi connectivity index (χ4n) is 3.01. The van der Waals surface area contributed by atoms with Crippen LogP contribution in [-0.2, 0) is 11.0 Å². The molecule has 2 N–H and O–H groups in total. The van der Waals surface area contributed by atoms with Gasteiger partial charge in [-0.15, -0.1) is 0 Å². The van der Waals surface area contributed by atoms with Gasteiger partial charge in [-0.05, 0) is 76.6 Å². The summed E-state index contributed by atoms with van der Waals surface area (Å²) >= 11 is 0. The lowest BCUT2D eigenvalue weighted by Gasteiger charge is -2.15. The normalized spacial score (nSPS) is 11.3. The quantitative estimate of drug-likeness (QED) is 0.397. The van der Waals surface area contributed by atoms with Gasteiger partial charge in [-0.3, -0.25) is 4.79 Å². The Balaban J connectivity index is 1.73. The first-order valence-corrected chi connectivity index (χ1v) is 9.08. The van der Waals surface area contributed by atoms with E-state index in [2.05, 4.69) is 27.5 Å². The molecule has 9 heteroatoms. The van der Waals surface area contributed by atoms with Crippen LogP contribution in [0.3, 0.4) is 0 Å². The molecule has 1 heterocycles. The summed E-state index contributed by atoms with van der Waals surface area (Å²) < 4.78 is 43.2. The zero-order valence-electron chi connectivity index (χ0n) is 15.9. The van der Waals surface area contributed by atoms with E-state index >= 15 is 0 Å². The molecule has 0 atom stereocenters. The molecule has 0 aliphatic carbocycles. The SMILES string of the molecule is C=CC(=O)Nc1ccc(Nc2ccc(C(F)(F)F)cc2)c(-c2ccc3nonc3c2)c1. The summed E-state index contributed by atoms with van der Waals surface area (Å²) in [6.07, 6.45) is -3.25. The van der Waals surface area contributed by atoms with Crippen LogP contribution < -0.4 is 10.6 Å². The molecule has 0 unspecified atom stereocenters. The minimum Gasteiger partial charge on any atom is -0.355 e. The number of nitrogens with zero attached hydrogens (tertiary/aromatic N) is 2. The van der Waals surface area contributed by atoms with Gasteiger partial charge in [-0.2, -0.15) is 13.2 Å². The van der Waals surface area contributed by atoms with E-state index in [0.29, 0.717) is 33.7 Å². The van der Waals surface area contributed by atoms with Crippen LogP contribution in [0, 0.1) is 0 Å². The topological polar surface area (TPSA) is 80.0 Å². The van der Waals surface area contributed by atoms with Gasteiger partial charge in [0.05, 0.1) is 5.56 Å². The van der Waals surface area contributed by atoms with Gasteiger partial charge in [0.15, 0.2) is 0 Å². The Morgan fingerprint density at radius 2 is 1.65 bits per heavy atom. The summed E-state index contributed by atoms with van der Waals surface area (Å²) in [6, 6.07) is 15.2. The van der Waals surface area contributed by atoms with Crippen LogP contribution in [0.5, 0.6) is 0 Å². The molecule has 3 aromatic carbocycles. The largest absolute Gasteiger partial charge is 0.416 e. The Morgan fingerprint density at radius 1 is 0.935 bits per heavy atom.